The Kier molecular flexibility index (Phi) is 10.1. The summed E-state index contributed by atoms with van der Waals surface area (Å²) in [6, 6.07) is 5.95. The lowest BCUT2D eigenvalue weighted by molar-refractivity contribution is -0.128. The zero-order valence-corrected chi connectivity index (χ0v) is 20.1. The SMILES string of the molecule is CNN/C(=C\Cc1ccc(OCCN2CCOCC2)cc1Cl)C1CCCN(C(C)=O)CC1. The number of benzene rings is 1. The van der Waals surface area contributed by atoms with Crippen molar-refractivity contribution in [2.75, 3.05) is 59.6 Å². The summed E-state index contributed by atoms with van der Waals surface area (Å²) in [6.07, 6.45) is 6.00. The van der Waals surface area contributed by atoms with Gasteiger partial charge < -0.3 is 19.8 Å². The molecule has 0 aromatic heterocycles. The number of nitrogens with one attached hydrogen (secondary N) is 2. The van der Waals surface area contributed by atoms with Crippen molar-refractivity contribution in [2.45, 2.75) is 32.6 Å². The van der Waals surface area contributed by atoms with E-state index in [4.69, 9.17) is 21.1 Å². The van der Waals surface area contributed by atoms with Crippen LogP contribution in [-0.2, 0) is 16.0 Å². The third-order valence-electron chi connectivity index (χ3n) is 6.23. The Balaban J connectivity index is 1.54. The molecule has 0 saturated carbocycles. The molecule has 2 saturated heterocycles. The summed E-state index contributed by atoms with van der Waals surface area (Å²) in [5.74, 6) is 1.36. The predicted molar refractivity (Wildman–Crippen MR) is 128 cm³/mol. The highest BCUT2D eigenvalue weighted by Gasteiger charge is 2.21. The molecule has 2 aliphatic rings. The maximum Gasteiger partial charge on any atom is 0.219 e. The molecule has 1 amide bonds. The normalized spacial score (nSPS) is 20.7. The van der Waals surface area contributed by atoms with Gasteiger partial charge in [0.25, 0.3) is 0 Å². The Morgan fingerprint density at radius 1 is 1.25 bits per heavy atom. The van der Waals surface area contributed by atoms with Crippen LogP contribution in [0.3, 0.4) is 0 Å². The number of rotatable bonds is 9. The van der Waals surface area contributed by atoms with Crippen molar-refractivity contribution in [3.63, 3.8) is 0 Å². The molecule has 2 aliphatic heterocycles. The highest BCUT2D eigenvalue weighted by atomic mass is 35.5. The summed E-state index contributed by atoms with van der Waals surface area (Å²) in [7, 11) is 1.88. The number of hydrogen-bond acceptors (Lipinski definition) is 6. The fourth-order valence-electron chi connectivity index (χ4n) is 4.31. The van der Waals surface area contributed by atoms with Gasteiger partial charge in [-0.1, -0.05) is 23.7 Å². The quantitative estimate of drug-likeness (QED) is 0.548. The average molecular weight is 465 g/mol. The van der Waals surface area contributed by atoms with Crippen molar-refractivity contribution in [1.29, 1.82) is 0 Å². The second kappa shape index (κ2) is 13.0. The Labute approximate surface area is 197 Å². The Bertz CT molecular complexity index is 768. The first-order valence-electron chi connectivity index (χ1n) is 11.7. The first kappa shape index (κ1) is 24.8. The molecule has 8 heteroatoms. The molecule has 1 unspecified atom stereocenters. The fourth-order valence-corrected chi connectivity index (χ4v) is 4.55. The number of amides is 1. The summed E-state index contributed by atoms with van der Waals surface area (Å²) in [6.45, 7) is 8.37. The number of likely N-dealkylation sites (tertiary alicyclic amines) is 1. The van der Waals surface area contributed by atoms with E-state index in [0.29, 0.717) is 12.5 Å². The van der Waals surface area contributed by atoms with E-state index in [1.165, 1.54) is 5.70 Å². The van der Waals surface area contributed by atoms with Crippen LogP contribution in [0.25, 0.3) is 0 Å². The highest BCUT2D eigenvalue weighted by Crippen LogP contribution is 2.26. The minimum Gasteiger partial charge on any atom is -0.492 e. The fraction of sp³-hybridized carbons (Fsp3) is 0.625. The van der Waals surface area contributed by atoms with Crippen molar-refractivity contribution < 1.29 is 14.3 Å². The largest absolute Gasteiger partial charge is 0.492 e. The van der Waals surface area contributed by atoms with Crippen LogP contribution in [-0.4, -0.2) is 75.3 Å². The van der Waals surface area contributed by atoms with E-state index < -0.39 is 0 Å². The molecular formula is C24H37ClN4O3. The maximum absolute atomic E-state index is 11.7. The minimum atomic E-state index is 0.164. The number of carbonyl (C=O) groups excluding carboxylic acids is 1. The van der Waals surface area contributed by atoms with Gasteiger partial charge in [0.15, 0.2) is 0 Å². The van der Waals surface area contributed by atoms with Crippen LogP contribution in [0.15, 0.2) is 30.0 Å². The monoisotopic (exact) mass is 464 g/mol. The van der Waals surface area contributed by atoms with E-state index in [-0.39, 0.29) is 5.91 Å². The lowest BCUT2D eigenvalue weighted by Gasteiger charge is -2.26. The van der Waals surface area contributed by atoms with E-state index in [0.717, 1.165) is 88.0 Å². The van der Waals surface area contributed by atoms with Crippen molar-refractivity contribution in [1.82, 2.24) is 20.7 Å². The van der Waals surface area contributed by atoms with Gasteiger partial charge in [0.05, 0.1) is 13.2 Å². The number of hydrogen-bond donors (Lipinski definition) is 2. The molecule has 0 spiro atoms. The van der Waals surface area contributed by atoms with Gasteiger partial charge in [-0.3, -0.25) is 9.69 Å². The first-order chi connectivity index (χ1) is 15.6. The molecule has 178 valence electrons. The standard InChI is InChI=1S/C24H37ClN4O3/c1-19(30)29-10-3-4-21(9-11-29)24(27-26-2)8-6-20-5-7-22(18-23(20)25)32-17-14-28-12-15-31-16-13-28/h5,7-8,18,21,26-27H,3-4,6,9-17H2,1-2H3/b24-8-. The molecule has 1 aromatic carbocycles. The van der Waals surface area contributed by atoms with E-state index >= 15 is 0 Å². The Morgan fingerprint density at radius 2 is 2.06 bits per heavy atom. The summed E-state index contributed by atoms with van der Waals surface area (Å²) in [4.78, 5) is 16.0. The van der Waals surface area contributed by atoms with Crippen molar-refractivity contribution in [3.05, 3.63) is 40.6 Å². The van der Waals surface area contributed by atoms with Gasteiger partial charge in [-0.05, 0) is 43.4 Å². The summed E-state index contributed by atoms with van der Waals surface area (Å²) in [5.41, 5.74) is 8.61. The van der Waals surface area contributed by atoms with Gasteiger partial charge in [0.1, 0.15) is 12.4 Å². The van der Waals surface area contributed by atoms with Crippen molar-refractivity contribution in [3.8, 4) is 5.75 Å². The minimum absolute atomic E-state index is 0.164. The molecule has 2 N–H and O–H groups in total. The van der Waals surface area contributed by atoms with Gasteiger partial charge in [-0.15, -0.1) is 0 Å². The van der Waals surface area contributed by atoms with Gasteiger partial charge in [-0.2, -0.15) is 0 Å². The third-order valence-corrected chi connectivity index (χ3v) is 6.58. The Morgan fingerprint density at radius 3 is 2.78 bits per heavy atom. The topological polar surface area (TPSA) is 66.1 Å². The van der Waals surface area contributed by atoms with Crippen LogP contribution in [0, 0.1) is 5.92 Å². The molecule has 1 atom stereocenters. The number of carbonyl (C=O) groups is 1. The summed E-state index contributed by atoms with van der Waals surface area (Å²) < 4.78 is 11.3. The zero-order valence-electron chi connectivity index (χ0n) is 19.4. The first-order valence-corrected chi connectivity index (χ1v) is 12.0. The van der Waals surface area contributed by atoms with E-state index in [9.17, 15) is 4.79 Å². The zero-order chi connectivity index (χ0) is 22.8. The third kappa shape index (κ3) is 7.66. The summed E-state index contributed by atoms with van der Waals surface area (Å²) >= 11 is 6.57. The van der Waals surface area contributed by atoms with Gasteiger partial charge >= 0.3 is 0 Å². The van der Waals surface area contributed by atoms with Crippen LogP contribution < -0.4 is 15.6 Å². The van der Waals surface area contributed by atoms with Gasteiger partial charge in [-0.25, -0.2) is 5.43 Å². The van der Waals surface area contributed by atoms with E-state index in [2.05, 4.69) is 21.8 Å². The number of allylic oxidation sites excluding steroid dienone is 2. The second-order valence-corrected chi connectivity index (χ2v) is 8.84. The van der Waals surface area contributed by atoms with Crippen LogP contribution in [0.5, 0.6) is 5.75 Å². The molecular weight excluding hydrogens is 428 g/mol. The number of morpholine rings is 1. The van der Waals surface area contributed by atoms with Crippen LogP contribution in [0.1, 0.15) is 31.7 Å². The molecule has 7 nitrogen and oxygen atoms in total. The molecule has 0 radical (unpaired) electrons. The lowest BCUT2D eigenvalue weighted by atomic mass is 9.95. The van der Waals surface area contributed by atoms with Crippen molar-refractivity contribution >= 4 is 17.5 Å². The molecule has 0 aliphatic carbocycles. The van der Waals surface area contributed by atoms with Gasteiger partial charge in [0, 0.05) is 63.3 Å². The average Bonchev–Trinajstić information content (AvgIpc) is 3.05. The van der Waals surface area contributed by atoms with Crippen LogP contribution in [0.2, 0.25) is 5.02 Å². The molecule has 32 heavy (non-hydrogen) atoms. The van der Waals surface area contributed by atoms with Crippen LogP contribution >= 0.6 is 11.6 Å². The lowest BCUT2D eigenvalue weighted by Crippen LogP contribution is -2.38. The molecule has 3 rings (SSSR count). The maximum atomic E-state index is 11.7. The molecule has 2 fully saturated rings. The smallest absolute Gasteiger partial charge is 0.219 e. The molecule has 0 bridgehead atoms. The Hall–Kier alpha value is -1.80. The number of ether oxygens (including phenoxy) is 2. The van der Waals surface area contributed by atoms with E-state index in [1.807, 2.05) is 30.1 Å². The van der Waals surface area contributed by atoms with E-state index in [1.54, 1.807) is 6.92 Å². The van der Waals surface area contributed by atoms with Gasteiger partial charge in [0.2, 0.25) is 5.91 Å². The van der Waals surface area contributed by atoms with Crippen LogP contribution in [0.4, 0.5) is 0 Å². The number of halogens is 1. The molecule has 2 heterocycles. The highest BCUT2D eigenvalue weighted by molar-refractivity contribution is 6.31. The number of hydrazine groups is 1. The predicted octanol–water partition coefficient (Wildman–Crippen LogP) is 2.85. The second-order valence-electron chi connectivity index (χ2n) is 8.43. The molecule has 1 aromatic rings. The summed E-state index contributed by atoms with van der Waals surface area (Å²) in [5, 5.41) is 0.720. The number of nitrogens with zero attached hydrogens (tertiary/aromatic N) is 2. The van der Waals surface area contributed by atoms with Crippen molar-refractivity contribution in [2.24, 2.45) is 5.92 Å².